The first-order chi connectivity index (χ1) is 11.4. The van der Waals surface area contributed by atoms with E-state index in [9.17, 15) is 5.11 Å². The zero-order valence-corrected chi connectivity index (χ0v) is 10.7. The lowest BCUT2D eigenvalue weighted by atomic mass is 10.1. The fourth-order valence-corrected chi connectivity index (χ4v) is 1.70. The molecule has 2 N–H and O–H groups in total. The predicted octanol–water partition coefficient (Wildman–Crippen LogP) is 2.58. The van der Waals surface area contributed by atoms with Crippen LogP contribution in [-0.4, -0.2) is 30.3 Å². The maximum Gasteiger partial charge on any atom is 0.127 e. The van der Waals surface area contributed by atoms with E-state index in [1.807, 2.05) is 30.3 Å². The Hall–Kier alpha value is -1.58. The molecule has 0 aromatic heterocycles. The van der Waals surface area contributed by atoms with Crippen LogP contribution in [0.2, 0.25) is 0 Å². The van der Waals surface area contributed by atoms with E-state index >= 15 is 0 Å². The molecule has 3 nitrogen and oxygen atoms in total. The van der Waals surface area contributed by atoms with Crippen molar-refractivity contribution in [2.75, 3.05) is 13.1 Å². The second kappa shape index (κ2) is 6.55. The van der Waals surface area contributed by atoms with Crippen LogP contribution >= 0.6 is 0 Å². The second-order valence-electron chi connectivity index (χ2n) is 4.20. The van der Waals surface area contributed by atoms with Gasteiger partial charge in [-0.25, -0.2) is 0 Å². The summed E-state index contributed by atoms with van der Waals surface area (Å²) in [7, 11) is 0. The lowest BCUT2D eigenvalue weighted by Crippen LogP contribution is -2.35. The number of hydrogen-bond donors (Lipinski definition) is 2. The molecule has 102 valence electrons. The van der Waals surface area contributed by atoms with Crippen molar-refractivity contribution in [2.45, 2.75) is 25.9 Å². The Morgan fingerprint density at radius 1 is 1.37 bits per heavy atom. The summed E-state index contributed by atoms with van der Waals surface area (Å²) < 4.78 is 50.9. The number of fused-ring (bicyclic) bond motifs is 1. The third-order valence-electron chi connectivity index (χ3n) is 2.55. The van der Waals surface area contributed by atoms with Gasteiger partial charge in [0.25, 0.3) is 0 Å². The number of rotatable bonds is 6. The number of nitrogens with one attached hydrogen (secondary N) is 1. The van der Waals surface area contributed by atoms with Crippen LogP contribution in [0.3, 0.4) is 0 Å². The van der Waals surface area contributed by atoms with E-state index in [2.05, 4.69) is 5.32 Å². The molecule has 19 heavy (non-hydrogen) atoms. The Balaban J connectivity index is 2.14. The van der Waals surface area contributed by atoms with Crippen LogP contribution < -0.4 is 10.1 Å². The van der Waals surface area contributed by atoms with Crippen LogP contribution in [0.5, 0.6) is 5.75 Å². The van der Waals surface area contributed by atoms with E-state index in [1.54, 1.807) is 12.1 Å². The maximum absolute atomic E-state index is 10.2. The Bertz CT molecular complexity index is 727. The molecule has 0 aliphatic heterocycles. The van der Waals surface area contributed by atoms with E-state index in [4.69, 9.17) is 13.0 Å². The van der Waals surface area contributed by atoms with Gasteiger partial charge in [0.1, 0.15) is 18.4 Å². The molecule has 2 aromatic rings. The van der Waals surface area contributed by atoms with Gasteiger partial charge in [-0.3, -0.25) is 0 Å². The molecule has 0 saturated carbocycles. The minimum atomic E-state index is -2.69. The molecular weight excluding hydrogens is 238 g/mol. The molecular formula is C16H21NO2. The van der Waals surface area contributed by atoms with Gasteiger partial charge in [0.2, 0.25) is 0 Å². The van der Waals surface area contributed by atoms with Crippen LogP contribution in [0, 0.1) is 0 Å². The van der Waals surface area contributed by atoms with Crippen molar-refractivity contribution in [1.29, 1.82) is 0 Å². The van der Waals surface area contributed by atoms with E-state index < -0.39 is 32.1 Å². The molecule has 0 amide bonds. The molecule has 0 aliphatic carbocycles. The Morgan fingerprint density at radius 3 is 3.00 bits per heavy atom. The van der Waals surface area contributed by atoms with E-state index in [0.29, 0.717) is 5.75 Å². The summed E-state index contributed by atoms with van der Waals surface area (Å²) in [6, 6.07) is 11.4. The van der Waals surface area contributed by atoms with Crippen molar-refractivity contribution >= 4 is 10.8 Å². The first kappa shape index (κ1) is 7.88. The Morgan fingerprint density at radius 2 is 2.16 bits per heavy atom. The van der Waals surface area contributed by atoms with Crippen LogP contribution in [0.4, 0.5) is 0 Å². The lowest BCUT2D eigenvalue weighted by Gasteiger charge is -2.15. The van der Waals surface area contributed by atoms with E-state index in [0.717, 1.165) is 10.8 Å². The monoisotopic (exact) mass is 265 g/mol. The highest BCUT2D eigenvalue weighted by atomic mass is 16.5. The number of aliphatic hydroxyl groups is 1. The molecule has 2 rings (SSSR count). The third-order valence-corrected chi connectivity index (χ3v) is 2.55. The van der Waals surface area contributed by atoms with Gasteiger partial charge in [0.15, 0.2) is 0 Å². The van der Waals surface area contributed by atoms with Gasteiger partial charge in [-0.15, -0.1) is 0 Å². The lowest BCUT2D eigenvalue weighted by molar-refractivity contribution is 0.105. The van der Waals surface area contributed by atoms with Crippen LogP contribution in [0.1, 0.15) is 22.0 Å². The standard InChI is InChI=1S/C16H21NO2/c1-12(2)17-10-14(18)11-19-16-9-5-7-13-6-3-4-8-15(13)16/h3-9,12,14,17-18H,10-11H2,1-2H3/i1D3,10D2,14D. The summed E-state index contributed by atoms with van der Waals surface area (Å²) in [6.07, 6.45) is -2.69. The molecule has 0 radical (unpaired) electrons. The topological polar surface area (TPSA) is 41.5 Å². The molecule has 0 fully saturated rings. The van der Waals surface area contributed by atoms with Crippen molar-refractivity contribution in [1.82, 2.24) is 5.32 Å². The average Bonchev–Trinajstić information content (AvgIpc) is 2.51. The number of hydrogen-bond acceptors (Lipinski definition) is 3. The summed E-state index contributed by atoms with van der Waals surface area (Å²) in [6.45, 7) is -4.55. The van der Waals surface area contributed by atoms with Gasteiger partial charge in [0.05, 0.1) is 1.37 Å². The van der Waals surface area contributed by atoms with Crippen LogP contribution in [-0.2, 0) is 0 Å². The van der Waals surface area contributed by atoms with Crippen molar-refractivity contribution in [2.24, 2.45) is 0 Å². The molecule has 2 unspecified atom stereocenters. The summed E-state index contributed by atoms with van der Waals surface area (Å²) in [4.78, 5) is 0. The number of ether oxygens (including phenoxy) is 1. The van der Waals surface area contributed by atoms with Crippen molar-refractivity contribution in [3.05, 3.63) is 42.5 Å². The van der Waals surface area contributed by atoms with E-state index in [-0.39, 0.29) is 0 Å². The van der Waals surface area contributed by atoms with E-state index in [1.165, 1.54) is 6.92 Å². The Labute approximate surface area is 122 Å². The minimum absolute atomic E-state index is 0.406. The molecule has 2 atom stereocenters. The summed E-state index contributed by atoms with van der Waals surface area (Å²) in [5, 5.41) is 14.1. The highest BCUT2D eigenvalue weighted by Crippen LogP contribution is 2.25. The largest absolute Gasteiger partial charge is 0.490 e. The fraction of sp³-hybridized carbons (Fsp3) is 0.375. The zero-order chi connectivity index (χ0) is 18.9. The molecule has 0 heterocycles. The maximum atomic E-state index is 10.2. The van der Waals surface area contributed by atoms with Gasteiger partial charge in [-0.1, -0.05) is 50.2 Å². The highest BCUT2D eigenvalue weighted by molar-refractivity contribution is 5.88. The fourth-order valence-electron chi connectivity index (χ4n) is 1.70. The quantitative estimate of drug-likeness (QED) is 0.843. The average molecular weight is 265 g/mol. The van der Waals surface area contributed by atoms with Crippen molar-refractivity contribution < 1.29 is 18.1 Å². The molecule has 0 saturated heterocycles. The summed E-state index contributed by atoms with van der Waals surface area (Å²) >= 11 is 0. The van der Waals surface area contributed by atoms with Gasteiger partial charge >= 0.3 is 0 Å². The highest BCUT2D eigenvalue weighted by Gasteiger charge is 2.07. The molecule has 0 bridgehead atoms. The predicted molar refractivity (Wildman–Crippen MR) is 78.6 cm³/mol. The van der Waals surface area contributed by atoms with Gasteiger partial charge < -0.3 is 15.2 Å². The second-order valence-corrected chi connectivity index (χ2v) is 4.20. The SMILES string of the molecule is [2H]C([2H])([2H])C(C)NC([2H])([2H])C([2H])(O)COc1cccc2ccccc12. The first-order valence-electron chi connectivity index (χ1n) is 9.05. The summed E-state index contributed by atoms with van der Waals surface area (Å²) in [5.41, 5.74) is 0. The number of benzene rings is 2. The first-order valence-corrected chi connectivity index (χ1v) is 6.05. The Kier molecular flexibility index (Phi) is 2.71. The summed E-state index contributed by atoms with van der Waals surface area (Å²) in [5.74, 6) is 0.406. The third kappa shape index (κ3) is 3.94. The molecule has 0 spiro atoms. The molecule has 2 aromatic carbocycles. The zero-order valence-electron chi connectivity index (χ0n) is 16.7. The molecule has 0 aliphatic rings. The smallest absolute Gasteiger partial charge is 0.127 e. The van der Waals surface area contributed by atoms with Crippen LogP contribution in [0.25, 0.3) is 10.8 Å². The normalized spacial score (nSPS) is 22.0. The van der Waals surface area contributed by atoms with Crippen molar-refractivity contribution in [3.63, 3.8) is 0 Å². The van der Waals surface area contributed by atoms with Gasteiger partial charge in [0, 0.05) is 24.8 Å². The van der Waals surface area contributed by atoms with Crippen LogP contribution in [0.15, 0.2) is 42.5 Å². The van der Waals surface area contributed by atoms with Gasteiger partial charge in [-0.05, 0) is 11.5 Å². The minimum Gasteiger partial charge on any atom is -0.490 e. The van der Waals surface area contributed by atoms with Gasteiger partial charge in [-0.2, -0.15) is 0 Å². The van der Waals surface area contributed by atoms with Crippen molar-refractivity contribution in [3.8, 4) is 5.75 Å². The molecule has 3 heteroatoms.